The van der Waals surface area contributed by atoms with E-state index < -0.39 is 0 Å². The topological polar surface area (TPSA) is 70.9 Å². The van der Waals surface area contributed by atoms with Gasteiger partial charge < -0.3 is 16.0 Å². The molecule has 5 heteroatoms. The van der Waals surface area contributed by atoms with Gasteiger partial charge in [0.2, 0.25) is 5.91 Å². The number of aromatic amines is 1. The Labute approximate surface area is 161 Å². The Hall–Kier alpha value is -3.18. The molecule has 0 saturated heterocycles. The molecule has 0 aliphatic rings. The minimum absolute atomic E-state index is 0.0699. The molecule has 0 spiro atoms. The molecule has 134 valence electrons. The third-order valence-electron chi connectivity index (χ3n) is 4.28. The molecular weight excluding hydrogens is 354 g/mol. The number of hydrogen-bond acceptors (Lipinski definition) is 3. The predicted molar refractivity (Wildman–Crippen MR) is 113 cm³/mol. The number of rotatable bonds is 5. The van der Waals surface area contributed by atoms with Crippen molar-refractivity contribution in [2.45, 2.75) is 10.1 Å². The number of carbonyl (C=O) groups excluding carboxylic acids is 1. The van der Waals surface area contributed by atoms with E-state index in [-0.39, 0.29) is 11.2 Å². The molecule has 0 saturated carbocycles. The first-order valence-electron chi connectivity index (χ1n) is 8.64. The lowest BCUT2D eigenvalue weighted by molar-refractivity contribution is -0.115. The molecule has 0 fully saturated rings. The smallest absolute Gasteiger partial charge is 0.242 e. The second-order valence-corrected chi connectivity index (χ2v) is 7.43. The van der Waals surface area contributed by atoms with Crippen LogP contribution in [-0.2, 0) is 4.79 Å². The molecule has 4 aromatic rings. The van der Waals surface area contributed by atoms with Gasteiger partial charge in [-0.25, -0.2) is 0 Å². The number of nitrogen functional groups attached to an aromatic ring is 1. The number of carbonyl (C=O) groups is 1. The Morgan fingerprint density at radius 3 is 2.63 bits per heavy atom. The number of anilines is 2. The third kappa shape index (κ3) is 3.99. The van der Waals surface area contributed by atoms with E-state index in [4.69, 9.17) is 5.73 Å². The molecule has 0 radical (unpaired) electrons. The highest BCUT2D eigenvalue weighted by atomic mass is 32.2. The van der Waals surface area contributed by atoms with Gasteiger partial charge in [-0.2, -0.15) is 0 Å². The third-order valence-corrected chi connectivity index (χ3v) is 5.52. The molecule has 4 rings (SSSR count). The van der Waals surface area contributed by atoms with E-state index in [9.17, 15) is 4.79 Å². The predicted octanol–water partition coefficient (Wildman–Crippen LogP) is 5.22. The van der Waals surface area contributed by atoms with Crippen molar-refractivity contribution in [2.24, 2.45) is 0 Å². The van der Waals surface area contributed by atoms with Crippen LogP contribution in [0, 0.1) is 0 Å². The van der Waals surface area contributed by atoms with Crippen molar-refractivity contribution in [3.63, 3.8) is 0 Å². The number of thioether (sulfide) groups is 1. The number of hydrogen-bond donors (Lipinski definition) is 3. The Morgan fingerprint density at radius 1 is 0.963 bits per heavy atom. The first kappa shape index (κ1) is 17.2. The summed E-state index contributed by atoms with van der Waals surface area (Å²) in [4.78, 5) is 17.2. The molecule has 3 aromatic carbocycles. The lowest BCUT2D eigenvalue weighted by Crippen LogP contribution is -2.19. The Morgan fingerprint density at radius 2 is 1.81 bits per heavy atom. The zero-order chi connectivity index (χ0) is 18.6. The van der Waals surface area contributed by atoms with E-state index in [0.717, 1.165) is 27.0 Å². The summed E-state index contributed by atoms with van der Waals surface area (Å²) in [6, 6.07) is 25.2. The second kappa shape index (κ2) is 7.60. The van der Waals surface area contributed by atoms with E-state index in [2.05, 4.69) is 10.3 Å². The van der Waals surface area contributed by atoms with E-state index in [1.54, 1.807) is 0 Å². The van der Waals surface area contributed by atoms with E-state index in [1.807, 2.05) is 85.1 Å². The van der Waals surface area contributed by atoms with Crippen LogP contribution in [0.1, 0.15) is 10.8 Å². The highest BCUT2D eigenvalue weighted by molar-refractivity contribution is 8.00. The molecule has 4 N–H and O–H groups in total. The maximum Gasteiger partial charge on any atom is 0.242 e. The molecular formula is C22H19N3OS. The van der Waals surface area contributed by atoms with E-state index in [1.165, 1.54) is 11.8 Å². The SMILES string of the molecule is Nc1cccc(SC(C(=O)Nc2ccc3cc[nH]c3c2)c2ccccc2)c1. The number of fused-ring (bicyclic) bond motifs is 1. The van der Waals surface area contributed by atoms with Gasteiger partial charge in [0.1, 0.15) is 5.25 Å². The van der Waals surface area contributed by atoms with E-state index >= 15 is 0 Å². The number of H-pyrrole nitrogens is 1. The molecule has 1 heterocycles. The van der Waals surface area contributed by atoms with Crippen molar-refractivity contribution in [3.8, 4) is 0 Å². The lowest BCUT2D eigenvalue weighted by Gasteiger charge is -2.17. The fourth-order valence-electron chi connectivity index (χ4n) is 2.96. The number of nitrogens with two attached hydrogens (primary N) is 1. The standard InChI is InChI=1S/C22H19N3OS/c23-17-7-4-8-19(13-17)27-21(16-5-2-1-3-6-16)22(26)25-18-10-9-15-11-12-24-20(15)14-18/h1-14,21,24H,23H2,(H,25,26). The van der Waals surface area contributed by atoms with Crippen molar-refractivity contribution < 1.29 is 4.79 Å². The van der Waals surface area contributed by atoms with Gasteiger partial charge in [0, 0.05) is 28.0 Å². The molecule has 1 amide bonds. The van der Waals surface area contributed by atoms with Gasteiger partial charge in [-0.15, -0.1) is 11.8 Å². The number of amides is 1. The molecule has 0 bridgehead atoms. The molecule has 1 unspecified atom stereocenters. The van der Waals surface area contributed by atoms with Gasteiger partial charge in [-0.3, -0.25) is 4.79 Å². The summed E-state index contributed by atoms with van der Waals surface area (Å²) in [6.07, 6.45) is 1.89. The van der Waals surface area contributed by atoms with Crippen LogP contribution in [0.4, 0.5) is 11.4 Å². The van der Waals surface area contributed by atoms with Crippen molar-refractivity contribution in [1.82, 2.24) is 4.98 Å². The maximum atomic E-state index is 13.1. The molecule has 27 heavy (non-hydrogen) atoms. The van der Waals surface area contributed by atoms with Gasteiger partial charge in [-0.05, 0) is 47.3 Å². The first-order valence-corrected chi connectivity index (χ1v) is 9.52. The summed E-state index contributed by atoms with van der Waals surface area (Å²) < 4.78 is 0. The summed E-state index contributed by atoms with van der Waals surface area (Å²) in [7, 11) is 0. The second-order valence-electron chi connectivity index (χ2n) is 6.25. The number of benzene rings is 3. The van der Waals surface area contributed by atoms with Crippen LogP contribution in [0.15, 0.2) is 90.0 Å². The zero-order valence-electron chi connectivity index (χ0n) is 14.6. The normalized spacial score (nSPS) is 12.0. The Kier molecular flexibility index (Phi) is 4.85. The van der Waals surface area contributed by atoms with Gasteiger partial charge in [0.15, 0.2) is 0 Å². The quantitative estimate of drug-likeness (QED) is 0.332. The van der Waals surface area contributed by atoms with Crippen LogP contribution in [0.25, 0.3) is 10.9 Å². The van der Waals surface area contributed by atoms with E-state index in [0.29, 0.717) is 5.69 Å². The minimum Gasteiger partial charge on any atom is -0.399 e. The lowest BCUT2D eigenvalue weighted by atomic mass is 10.1. The van der Waals surface area contributed by atoms with Crippen LogP contribution in [0.2, 0.25) is 0 Å². The number of nitrogens with one attached hydrogen (secondary N) is 2. The molecule has 1 atom stereocenters. The van der Waals surface area contributed by atoms with Crippen molar-refractivity contribution in [2.75, 3.05) is 11.1 Å². The summed E-state index contributed by atoms with van der Waals surface area (Å²) >= 11 is 1.49. The monoisotopic (exact) mass is 373 g/mol. The maximum absolute atomic E-state index is 13.1. The summed E-state index contributed by atoms with van der Waals surface area (Å²) in [5, 5.41) is 3.78. The average Bonchev–Trinajstić information content (AvgIpc) is 3.14. The fourth-order valence-corrected chi connectivity index (χ4v) is 4.05. The Bertz CT molecular complexity index is 1080. The van der Waals surface area contributed by atoms with Gasteiger partial charge >= 0.3 is 0 Å². The van der Waals surface area contributed by atoms with Crippen LogP contribution in [0.5, 0.6) is 0 Å². The van der Waals surface area contributed by atoms with Crippen molar-refractivity contribution in [1.29, 1.82) is 0 Å². The Balaban J connectivity index is 1.61. The molecule has 4 nitrogen and oxygen atoms in total. The highest BCUT2D eigenvalue weighted by Crippen LogP contribution is 2.37. The minimum atomic E-state index is -0.382. The first-order chi connectivity index (χ1) is 13.2. The van der Waals surface area contributed by atoms with Gasteiger partial charge in [0.05, 0.1) is 0 Å². The van der Waals surface area contributed by atoms with Gasteiger partial charge in [-0.1, -0.05) is 42.5 Å². The van der Waals surface area contributed by atoms with Crippen LogP contribution in [-0.4, -0.2) is 10.9 Å². The average molecular weight is 373 g/mol. The van der Waals surface area contributed by atoms with Crippen molar-refractivity contribution >= 4 is 39.9 Å². The van der Waals surface area contributed by atoms with Crippen LogP contribution in [0.3, 0.4) is 0 Å². The number of aromatic nitrogens is 1. The molecule has 0 aliphatic heterocycles. The zero-order valence-corrected chi connectivity index (χ0v) is 15.4. The highest BCUT2D eigenvalue weighted by Gasteiger charge is 2.22. The molecule has 0 aliphatic carbocycles. The summed E-state index contributed by atoms with van der Waals surface area (Å²) in [6.45, 7) is 0. The van der Waals surface area contributed by atoms with Gasteiger partial charge in [0.25, 0.3) is 0 Å². The van der Waals surface area contributed by atoms with Crippen molar-refractivity contribution in [3.05, 3.63) is 90.6 Å². The van der Waals surface area contributed by atoms with Crippen LogP contribution >= 0.6 is 11.8 Å². The summed E-state index contributed by atoms with van der Waals surface area (Å²) in [5.74, 6) is -0.0699. The fraction of sp³-hybridized carbons (Fsp3) is 0.0455. The van der Waals surface area contributed by atoms with Crippen LogP contribution < -0.4 is 11.1 Å². The largest absolute Gasteiger partial charge is 0.399 e. The summed E-state index contributed by atoms with van der Waals surface area (Å²) in [5.41, 5.74) is 9.29. The molecule has 1 aromatic heterocycles.